The maximum absolute atomic E-state index is 12.6. The Balaban J connectivity index is 1.59. The first-order valence-corrected chi connectivity index (χ1v) is 9.70. The fraction of sp³-hybridized carbons (Fsp3) is 0.368. The average Bonchev–Trinajstić information content (AvgIpc) is 3.10. The lowest BCUT2D eigenvalue weighted by molar-refractivity contribution is -0.385. The van der Waals surface area contributed by atoms with Gasteiger partial charge < -0.3 is 15.0 Å². The van der Waals surface area contributed by atoms with E-state index in [4.69, 9.17) is 4.74 Å². The molecule has 2 aromatic rings. The molecule has 1 aromatic carbocycles. The van der Waals surface area contributed by atoms with Gasteiger partial charge in [0.05, 0.1) is 27.5 Å². The summed E-state index contributed by atoms with van der Waals surface area (Å²) in [5.41, 5.74) is 0.592. The molecule has 2 amide bonds. The van der Waals surface area contributed by atoms with Crippen molar-refractivity contribution in [2.75, 3.05) is 25.5 Å². The second-order valence-corrected chi connectivity index (χ2v) is 7.82. The minimum Gasteiger partial charge on any atom is -0.495 e. The van der Waals surface area contributed by atoms with Gasteiger partial charge in [0.1, 0.15) is 5.75 Å². The summed E-state index contributed by atoms with van der Waals surface area (Å²) in [6.07, 6.45) is 1.08. The van der Waals surface area contributed by atoms with Crippen molar-refractivity contribution in [2.45, 2.75) is 19.8 Å². The summed E-state index contributed by atoms with van der Waals surface area (Å²) >= 11 is 1.13. The van der Waals surface area contributed by atoms with Crippen LogP contribution in [0.3, 0.4) is 0 Å². The van der Waals surface area contributed by atoms with Gasteiger partial charge in [-0.25, -0.2) is 0 Å². The van der Waals surface area contributed by atoms with Crippen molar-refractivity contribution in [3.63, 3.8) is 0 Å². The van der Waals surface area contributed by atoms with Crippen LogP contribution in [0.25, 0.3) is 0 Å². The number of hydrogen-bond donors (Lipinski definition) is 1. The van der Waals surface area contributed by atoms with Crippen LogP contribution in [-0.2, 0) is 4.79 Å². The summed E-state index contributed by atoms with van der Waals surface area (Å²) < 4.78 is 5.25. The van der Waals surface area contributed by atoms with Gasteiger partial charge in [0.15, 0.2) is 0 Å². The maximum atomic E-state index is 12.6. The van der Waals surface area contributed by atoms with Crippen LogP contribution in [0.5, 0.6) is 5.75 Å². The van der Waals surface area contributed by atoms with Crippen molar-refractivity contribution in [3.8, 4) is 5.75 Å². The average molecular weight is 403 g/mol. The highest BCUT2D eigenvalue weighted by molar-refractivity contribution is 7.14. The number of nitrogens with one attached hydrogen (secondary N) is 1. The molecule has 1 fully saturated rings. The molecule has 0 aliphatic carbocycles. The van der Waals surface area contributed by atoms with E-state index in [0.29, 0.717) is 47.1 Å². The smallest absolute Gasteiger partial charge is 0.283 e. The Morgan fingerprint density at radius 1 is 1.29 bits per heavy atom. The normalized spacial score (nSPS) is 14.6. The fourth-order valence-electron chi connectivity index (χ4n) is 3.24. The molecule has 9 heteroatoms. The molecular weight excluding hydrogens is 382 g/mol. The molecule has 3 rings (SSSR count). The third-order valence-electron chi connectivity index (χ3n) is 4.82. The van der Waals surface area contributed by atoms with Crippen molar-refractivity contribution in [1.29, 1.82) is 0 Å². The van der Waals surface area contributed by atoms with E-state index >= 15 is 0 Å². The number of para-hydroxylation sites is 2. The van der Waals surface area contributed by atoms with E-state index in [1.807, 2.05) is 12.1 Å². The molecule has 1 aromatic heterocycles. The number of carbonyl (C=O) groups is 2. The van der Waals surface area contributed by atoms with Crippen LogP contribution in [0.4, 0.5) is 11.4 Å². The zero-order valence-corrected chi connectivity index (χ0v) is 16.5. The van der Waals surface area contributed by atoms with Crippen LogP contribution in [0.15, 0.2) is 30.3 Å². The predicted molar refractivity (Wildman–Crippen MR) is 106 cm³/mol. The summed E-state index contributed by atoms with van der Waals surface area (Å²) in [4.78, 5) is 38.2. The molecule has 0 bridgehead atoms. The Hall–Kier alpha value is -2.94. The Bertz CT molecular complexity index is 903. The second kappa shape index (κ2) is 8.39. The number of nitrogens with zero attached hydrogens (tertiary/aromatic N) is 2. The van der Waals surface area contributed by atoms with Gasteiger partial charge >= 0.3 is 0 Å². The van der Waals surface area contributed by atoms with Gasteiger partial charge in [0.2, 0.25) is 5.91 Å². The van der Waals surface area contributed by atoms with E-state index in [1.165, 1.54) is 6.07 Å². The molecule has 0 atom stereocenters. The number of nitro groups is 1. The first-order valence-electron chi connectivity index (χ1n) is 8.88. The number of ether oxygens (including phenoxy) is 1. The number of carbonyl (C=O) groups excluding carboxylic acids is 2. The summed E-state index contributed by atoms with van der Waals surface area (Å²) in [6, 6.07) is 8.54. The predicted octanol–water partition coefficient (Wildman–Crippen LogP) is 3.46. The zero-order valence-electron chi connectivity index (χ0n) is 15.6. The first kappa shape index (κ1) is 19.8. The highest BCUT2D eigenvalue weighted by Crippen LogP contribution is 2.30. The van der Waals surface area contributed by atoms with Crippen LogP contribution in [0, 0.1) is 23.0 Å². The minimum absolute atomic E-state index is 0.0283. The molecule has 1 aliphatic rings. The number of hydrogen-bond acceptors (Lipinski definition) is 6. The molecule has 0 unspecified atom stereocenters. The first-order chi connectivity index (χ1) is 13.4. The lowest BCUT2D eigenvalue weighted by Gasteiger charge is -2.31. The Morgan fingerprint density at radius 3 is 2.57 bits per heavy atom. The van der Waals surface area contributed by atoms with Crippen LogP contribution in [-0.4, -0.2) is 41.8 Å². The number of aryl methyl sites for hydroxylation is 1. The number of thiophene rings is 1. The lowest BCUT2D eigenvalue weighted by atomic mass is 9.95. The number of likely N-dealkylation sites (tertiary alicyclic amines) is 1. The quantitative estimate of drug-likeness (QED) is 0.608. The summed E-state index contributed by atoms with van der Waals surface area (Å²) in [7, 11) is 1.55. The third-order valence-corrected chi connectivity index (χ3v) is 5.84. The Labute approximate surface area is 166 Å². The maximum Gasteiger partial charge on any atom is 0.283 e. The number of methoxy groups -OCH3 is 1. The molecule has 2 heterocycles. The number of piperidine rings is 1. The van der Waals surface area contributed by atoms with Crippen LogP contribution in [0.2, 0.25) is 0 Å². The van der Waals surface area contributed by atoms with Crippen LogP contribution < -0.4 is 10.1 Å². The molecular formula is C19H21N3O5S. The van der Waals surface area contributed by atoms with Crippen molar-refractivity contribution in [3.05, 3.63) is 50.2 Å². The van der Waals surface area contributed by atoms with E-state index in [9.17, 15) is 19.7 Å². The number of benzene rings is 1. The third kappa shape index (κ3) is 4.14. The van der Waals surface area contributed by atoms with Gasteiger partial charge in [-0.15, -0.1) is 11.3 Å². The van der Waals surface area contributed by atoms with Crippen molar-refractivity contribution >= 4 is 34.5 Å². The molecule has 8 nitrogen and oxygen atoms in total. The van der Waals surface area contributed by atoms with E-state index < -0.39 is 4.92 Å². The van der Waals surface area contributed by atoms with E-state index in [0.717, 1.165) is 11.3 Å². The highest BCUT2D eigenvalue weighted by Gasteiger charge is 2.30. The number of rotatable bonds is 5. The van der Waals surface area contributed by atoms with E-state index in [1.54, 1.807) is 31.1 Å². The second-order valence-electron chi connectivity index (χ2n) is 6.57. The number of anilines is 1. The molecule has 1 aliphatic heterocycles. The highest BCUT2D eigenvalue weighted by atomic mass is 32.1. The van der Waals surface area contributed by atoms with Crippen molar-refractivity contribution in [1.82, 2.24) is 4.90 Å². The SMILES string of the molecule is COc1ccccc1NC(=O)C1CCN(C(=O)c2cc([N+](=O)[O-])c(C)s2)CC1. The molecule has 0 radical (unpaired) electrons. The van der Waals surface area contributed by atoms with Gasteiger partial charge in [0, 0.05) is 25.1 Å². The van der Waals surface area contributed by atoms with Gasteiger partial charge in [-0.05, 0) is 31.9 Å². The largest absolute Gasteiger partial charge is 0.495 e. The summed E-state index contributed by atoms with van der Waals surface area (Å²) in [6.45, 7) is 2.51. The van der Waals surface area contributed by atoms with E-state index in [2.05, 4.69) is 5.32 Å². The van der Waals surface area contributed by atoms with Gasteiger partial charge in [-0.2, -0.15) is 0 Å². The van der Waals surface area contributed by atoms with Gasteiger partial charge in [-0.1, -0.05) is 12.1 Å². The monoisotopic (exact) mass is 403 g/mol. The molecule has 0 spiro atoms. The fourth-order valence-corrected chi connectivity index (χ4v) is 4.20. The van der Waals surface area contributed by atoms with Gasteiger partial charge in [-0.3, -0.25) is 19.7 Å². The summed E-state index contributed by atoms with van der Waals surface area (Å²) in [5.74, 6) is 0.0792. The van der Waals surface area contributed by atoms with Crippen LogP contribution in [0.1, 0.15) is 27.4 Å². The van der Waals surface area contributed by atoms with Crippen LogP contribution >= 0.6 is 11.3 Å². The number of amides is 2. The summed E-state index contributed by atoms with van der Waals surface area (Å²) in [5, 5.41) is 13.9. The molecule has 28 heavy (non-hydrogen) atoms. The van der Waals surface area contributed by atoms with E-state index in [-0.39, 0.29) is 23.4 Å². The molecule has 148 valence electrons. The molecule has 1 saturated heterocycles. The Kier molecular flexibility index (Phi) is 5.93. The Morgan fingerprint density at radius 2 is 1.96 bits per heavy atom. The van der Waals surface area contributed by atoms with Crippen molar-refractivity contribution < 1.29 is 19.2 Å². The van der Waals surface area contributed by atoms with Crippen molar-refractivity contribution in [2.24, 2.45) is 5.92 Å². The standard InChI is InChI=1S/C19H21N3O5S/c1-12-15(22(25)26)11-17(28-12)19(24)21-9-7-13(8-10-21)18(23)20-14-5-3-4-6-16(14)27-2/h3-6,11,13H,7-10H2,1-2H3,(H,20,23). The molecule has 1 N–H and O–H groups in total. The van der Waals surface area contributed by atoms with Gasteiger partial charge in [0.25, 0.3) is 11.6 Å². The molecule has 0 saturated carbocycles. The topological polar surface area (TPSA) is 102 Å². The lowest BCUT2D eigenvalue weighted by Crippen LogP contribution is -2.41. The minimum atomic E-state index is -0.475. The zero-order chi connectivity index (χ0) is 20.3.